The molecule has 4 nitrogen and oxygen atoms in total. The van der Waals surface area contributed by atoms with Crippen LogP contribution < -0.4 is 9.47 Å². The second kappa shape index (κ2) is 9.34. The SMILES string of the molecule is CCOc1ccc(C(=O)/C=C/c2ccccc2OCc2cccnc2)cc1. The van der Waals surface area contributed by atoms with Crippen LogP contribution in [0.15, 0.2) is 79.1 Å². The lowest BCUT2D eigenvalue weighted by molar-refractivity contribution is 0.104. The molecule has 0 saturated heterocycles. The van der Waals surface area contributed by atoms with Crippen LogP contribution >= 0.6 is 0 Å². The fourth-order valence-electron chi connectivity index (χ4n) is 2.54. The Morgan fingerprint density at radius 3 is 2.56 bits per heavy atom. The summed E-state index contributed by atoms with van der Waals surface area (Å²) in [5, 5.41) is 0. The standard InChI is InChI=1S/C23H21NO3/c1-2-26-21-12-9-19(10-13-21)22(25)14-11-20-7-3-4-8-23(20)27-17-18-6-5-15-24-16-18/h3-16H,2,17H2,1H3/b14-11+. The normalized spacial score (nSPS) is 10.7. The molecule has 3 rings (SSSR count). The number of carbonyl (C=O) groups excluding carboxylic acids is 1. The summed E-state index contributed by atoms with van der Waals surface area (Å²) in [5.41, 5.74) is 2.45. The molecule has 0 spiro atoms. The second-order valence-corrected chi connectivity index (χ2v) is 5.84. The Hall–Kier alpha value is -3.40. The van der Waals surface area contributed by atoms with Gasteiger partial charge in [-0.15, -0.1) is 0 Å². The van der Waals surface area contributed by atoms with Crippen LogP contribution in [0.5, 0.6) is 11.5 Å². The van der Waals surface area contributed by atoms with Gasteiger partial charge in [-0.05, 0) is 55.5 Å². The molecule has 0 radical (unpaired) electrons. The Kier molecular flexibility index (Phi) is 6.36. The summed E-state index contributed by atoms with van der Waals surface area (Å²) in [4.78, 5) is 16.5. The molecule has 4 heteroatoms. The van der Waals surface area contributed by atoms with E-state index in [0.717, 1.165) is 22.6 Å². The van der Waals surface area contributed by atoms with Crippen molar-refractivity contribution in [2.75, 3.05) is 6.61 Å². The van der Waals surface area contributed by atoms with Gasteiger partial charge in [-0.3, -0.25) is 9.78 Å². The van der Waals surface area contributed by atoms with Crippen molar-refractivity contribution in [1.29, 1.82) is 0 Å². The molecule has 0 bridgehead atoms. The molecule has 0 saturated carbocycles. The van der Waals surface area contributed by atoms with Gasteiger partial charge in [0.1, 0.15) is 18.1 Å². The Bertz CT molecular complexity index is 902. The van der Waals surface area contributed by atoms with Crippen molar-refractivity contribution in [2.45, 2.75) is 13.5 Å². The van der Waals surface area contributed by atoms with Crippen molar-refractivity contribution >= 4 is 11.9 Å². The molecule has 0 unspecified atom stereocenters. The first-order valence-corrected chi connectivity index (χ1v) is 8.82. The number of rotatable bonds is 8. The molecule has 27 heavy (non-hydrogen) atoms. The number of carbonyl (C=O) groups is 1. The Balaban J connectivity index is 1.68. The lowest BCUT2D eigenvalue weighted by Gasteiger charge is -2.09. The third kappa shape index (κ3) is 5.28. The van der Waals surface area contributed by atoms with Crippen LogP contribution in [-0.4, -0.2) is 17.4 Å². The number of ether oxygens (including phenoxy) is 2. The van der Waals surface area contributed by atoms with Gasteiger partial charge in [0.05, 0.1) is 6.61 Å². The number of hydrogen-bond donors (Lipinski definition) is 0. The summed E-state index contributed by atoms with van der Waals surface area (Å²) >= 11 is 0. The monoisotopic (exact) mass is 359 g/mol. The highest BCUT2D eigenvalue weighted by molar-refractivity contribution is 6.07. The molecule has 2 aromatic carbocycles. The van der Waals surface area contributed by atoms with Crippen LogP contribution in [0, 0.1) is 0 Å². The molecular formula is C23H21NO3. The van der Waals surface area contributed by atoms with Gasteiger partial charge in [0, 0.05) is 29.1 Å². The minimum absolute atomic E-state index is 0.0693. The van der Waals surface area contributed by atoms with E-state index in [1.54, 1.807) is 48.8 Å². The summed E-state index contributed by atoms with van der Waals surface area (Å²) in [7, 11) is 0. The van der Waals surface area contributed by atoms with Gasteiger partial charge in [0.15, 0.2) is 5.78 Å². The van der Waals surface area contributed by atoms with Gasteiger partial charge in [-0.25, -0.2) is 0 Å². The molecule has 1 heterocycles. The highest BCUT2D eigenvalue weighted by atomic mass is 16.5. The van der Waals surface area contributed by atoms with Gasteiger partial charge in [-0.2, -0.15) is 0 Å². The van der Waals surface area contributed by atoms with Gasteiger partial charge in [0.25, 0.3) is 0 Å². The average molecular weight is 359 g/mol. The molecule has 3 aromatic rings. The number of ketones is 1. The van der Waals surface area contributed by atoms with Crippen molar-refractivity contribution in [3.63, 3.8) is 0 Å². The van der Waals surface area contributed by atoms with Crippen LogP contribution in [0.25, 0.3) is 6.08 Å². The number of nitrogens with zero attached hydrogens (tertiary/aromatic N) is 1. The third-order valence-electron chi connectivity index (χ3n) is 3.90. The van der Waals surface area contributed by atoms with Crippen molar-refractivity contribution in [2.24, 2.45) is 0 Å². The summed E-state index contributed by atoms with van der Waals surface area (Å²) < 4.78 is 11.3. The highest BCUT2D eigenvalue weighted by Crippen LogP contribution is 2.21. The fourth-order valence-corrected chi connectivity index (χ4v) is 2.54. The van der Waals surface area contributed by atoms with Crippen molar-refractivity contribution in [1.82, 2.24) is 4.98 Å². The first-order chi connectivity index (χ1) is 13.3. The van der Waals surface area contributed by atoms with Gasteiger partial charge >= 0.3 is 0 Å². The van der Waals surface area contributed by atoms with E-state index in [1.807, 2.05) is 43.3 Å². The predicted octanol–water partition coefficient (Wildman–Crippen LogP) is 4.96. The van der Waals surface area contributed by atoms with Crippen LogP contribution in [-0.2, 0) is 6.61 Å². The first-order valence-electron chi connectivity index (χ1n) is 8.82. The van der Waals surface area contributed by atoms with E-state index in [9.17, 15) is 4.79 Å². The number of benzene rings is 2. The zero-order chi connectivity index (χ0) is 18.9. The molecule has 0 N–H and O–H groups in total. The molecule has 1 aromatic heterocycles. The molecule has 0 aliphatic rings. The van der Waals surface area contributed by atoms with E-state index in [2.05, 4.69) is 4.98 Å². The van der Waals surface area contributed by atoms with Gasteiger partial charge < -0.3 is 9.47 Å². The highest BCUT2D eigenvalue weighted by Gasteiger charge is 2.05. The van der Waals surface area contributed by atoms with Gasteiger partial charge in [-0.1, -0.05) is 24.3 Å². The summed E-state index contributed by atoms with van der Waals surface area (Å²) in [6, 6.07) is 18.6. The van der Waals surface area contributed by atoms with Crippen molar-refractivity contribution in [3.05, 3.63) is 95.8 Å². The van der Waals surface area contributed by atoms with Crippen LogP contribution in [0.4, 0.5) is 0 Å². The van der Waals surface area contributed by atoms with E-state index >= 15 is 0 Å². The minimum Gasteiger partial charge on any atom is -0.494 e. The zero-order valence-corrected chi connectivity index (χ0v) is 15.2. The molecular weight excluding hydrogens is 338 g/mol. The van der Waals surface area contributed by atoms with E-state index < -0.39 is 0 Å². The zero-order valence-electron chi connectivity index (χ0n) is 15.2. The number of para-hydroxylation sites is 1. The van der Waals surface area contributed by atoms with Crippen molar-refractivity contribution in [3.8, 4) is 11.5 Å². The van der Waals surface area contributed by atoms with Crippen molar-refractivity contribution < 1.29 is 14.3 Å². The maximum atomic E-state index is 12.4. The molecule has 0 atom stereocenters. The molecule has 0 amide bonds. The van der Waals surface area contributed by atoms with Crippen LogP contribution in [0.1, 0.15) is 28.4 Å². The molecule has 0 aliphatic carbocycles. The van der Waals surface area contributed by atoms with E-state index in [-0.39, 0.29) is 5.78 Å². The Labute approximate surface area is 159 Å². The fraction of sp³-hybridized carbons (Fsp3) is 0.130. The molecule has 0 fully saturated rings. The Morgan fingerprint density at radius 1 is 1.00 bits per heavy atom. The van der Waals surface area contributed by atoms with E-state index in [0.29, 0.717) is 18.8 Å². The largest absolute Gasteiger partial charge is 0.494 e. The van der Waals surface area contributed by atoms with Crippen LogP contribution in [0.2, 0.25) is 0 Å². The quantitative estimate of drug-likeness (QED) is 0.421. The molecule has 0 aliphatic heterocycles. The summed E-state index contributed by atoms with van der Waals surface area (Å²) in [6.45, 7) is 2.95. The number of aromatic nitrogens is 1. The van der Waals surface area contributed by atoms with E-state index in [1.165, 1.54) is 0 Å². The average Bonchev–Trinajstić information content (AvgIpc) is 2.72. The second-order valence-electron chi connectivity index (χ2n) is 5.84. The lowest BCUT2D eigenvalue weighted by Crippen LogP contribution is -1.98. The summed E-state index contributed by atoms with van der Waals surface area (Å²) in [6.07, 6.45) is 6.83. The van der Waals surface area contributed by atoms with Crippen LogP contribution in [0.3, 0.4) is 0 Å². The Morgan fingerprint density at radius 2 is 1.81 bits per heavy atom. The maximum absolute atomic E-state index is 12.4. The maximum Gasteiger partial charge on any atom is 0.185 e. The first kappa shape index (κ1) is 18.4. The molecule has 136 valence electrons. The number of hydrogen-bond acceptors (Lipinski definition) is 4. The number of pyridine rings is 1. The van der Waals surface area contributed by atoms with Gasteiger partial charge in [0.2, 0.25) is 0 Å². The summed E-state index contributed by atoms with van der Waals surface area (Å²) in [5.74, 6) is 1.41. The number of allylic oxidation sites excluding steroid dienone is 1. The lowest BCUT2D eigenvalue weighted by atomic mass is 10.1. The topological polar surface area (TPSA) is 48.4 Å². The third-order valence-corrected chi connectivity index (χ3v) is 3.90. The van der Waals surface area contributed by atoms with E-state index in [4.69, 9.17) is 9.47 Å². The predicted molar refractivity (Wildman–Crippen MR) is 106 cm³/mol. The minimum atomic E-state index is -0.0693. The smallest absolute Gasteiger partial charge is 0.185 e.